The number of halogens is 1. The molecule has 1 amide bonds. The monoisotopic (exact) mass is 503 g/mol. The molecule has 8 nitrogen and oxygen atoms in total. The zero-order valence-electron chi connectivity index (χ0n) is 20.6. The molecular weight excluding hydrogens is 473 g/mol. The number of nitrogens with zero attached hydrogens (tertiary/aromatic N) is 3. The number of hydrogen-bond donors (Lipinski definition) is 2. The number of hydrogen-bond acceptors (Lipinski definition) is 7. The molecule has 1 aliphatic carbocycles. The van der Waals surface area contributed by atoms with Gasteiger partial charge in [-0.25, -0.2) is 14.4 Å². The molecule has 37 heavy (non-hydrogen) atoms. The fraction of sp³-hybridized carbons (Fsp3) is 0.357. The minimum atomic E-state index is -0.672. The number of piperidine rings is 1. The quantitative estimate of drug-likeness (QED) is 0.459. The summed E-state index contributed by atoms with van der Waals surface area (Å²) in [6.45, 7) is 2.66. The first kappa shape index (κ1) is 24.8. The van der Waals surface area contributed by atoms with Crippen molar-refractivity contribution in [3.63, 3.8) is 0 Å². The van der Waals surface area contributed by atoms with Crippen molar-refractivity contribution in [2.45, 2.75) is 51.1 Å². The number of ketones is 1. The number of nitrogens with one attached hydrogen (secondary N) is 1. The molecule has 3 N–H and O–H groups in total. The van der Waals surface area contributed by atoms with Gasteiger partial charge in [-0.15, -0.1) is 0 Å². The number of Topliss-reactive ketones (excluding diaryl/α,β-unsaturated/α-hetero) is 1. The number of ether oxygens (including phenoxy) is 1. The molecule has 0 radical (unpaired) electrons. The number of primary amides is 1. The Morgan fingerprint density at radius 2 is 1.84 bits per heavy atom. The fourth-order valence-corrected chi connectivity index (χ4v) is 4.85. The van der Waals surface area contributed by atoms with Gasteiger partial charge in [-0.3, -0.25) is 14.5 Å². The molecule has 2 fully saturated rings. The maximum atomic E-state index is 13.4. The minimum Gasteiger partial charge on any atom is -0.457 e. The van der Waals surface area contributed by atoms with E-state index in [2.05, 4.69) is 20.2 Å². The lowest BCUT2D eigenvalue weighted by Crippen LogP contribution is -2.29. The molecule has 9 heteroatoms. The largest absolute Gasteiger partial charge is 0.457 e. The normalized spacial score (nSPS) is 18.1. The second-order valence-electron chi connectivity index (χ2n) is 9.60. The van der Waals surface area contributed by atoms with Crippen LogP contribution < -0.4 is 15.8 Å². The highest BCUT2D eigenvalue weighted by atomic mass is 19.1. The van der Waals surface area contributed by atoms with Crippen LogP contribution in [0.25, 0.3) is 11.4 Å². The molecule has 0 bridgehead atoms. The van der Waals surface area contributed by atoms with E-state index in [0.717, 1.165) is 44.3 Å². The van der Waals surface area contributed by atoms with E-state index in [1.807, 2.05) is 18.2 Å². The van der Waals surface area contributed by atoms with Crippen molar-refractivity contribution in [1.82, 2.24) is 14.9 Å². The molecule has 0 unspecified atom stereocenters. The van der Waals surface area contributed by atoms with E-state index in [9.17, 15) is 14.0 Å². The van der Waals surface area contributed by atoms with E-state index < -0.39 is 5.91 Å². The van der Waals surface area contributed by atoms with Crippen LogP contribution in [-0.2, 0) is 11.3 Å². The molecule has 192 valence electrons. The number of carbonyl (C=O) groups excluding carboxylic acids is 2. The van der Waals surface area contributed by atoms with Crippen LogP contribution in [0.4, 0.5) is 10.2 Å². The van der Waals surface area contributed by atoms with Crippen LogP contribution >= 0.6 is 0 Å². The van der Waals surface area contributed by atoms with Gasteiger partial charge in [0, 0.05) is 30.2 Å². The highest BCUT2D eigenvalue weighted by Crippen LogP contribution is 2.32. The van der Waals surface area contributed by atoms with Crippen LogP contribution in [0.15, 0.2) is 48.5 Å². The molecule has 5 rings (SSSR count). The molecule has 0 spiro atoms. The Bertz CT molecular complexity index is 1290. The van der Waals surface area contributed by atoms with Crippen LogP contribution in [0, 0.1) is 5.82 Å². The predicted octanol–water partition coefficient (Wildman–Crippen LogP) is 4.69. The summed E-state index contributed by atoms with van der Waals surface area (Å²) < 4.78 is 19.5. The highest BCUT2D eigenvalue weighted by Gasteiger charge is 2.25. The van der Waals surface area contributed by atoms with Crippen molar-refractivity contribution in [2.24, 2.45) is 5.73 Å². The topological polar surface area (TPSA) is 110 Å². The number of nitrogens with two attached hydrogens (primary N) is 1. The predicted molar refractivity (Wildman–Crippen MR) is 138 cm³/mol. The lowest BCUT2D eigenvalue weighted by atomic mass is 10.1. The van der Waals surface area contributed by atoms with Crippen LogP contribution in [0.5, 0.6) is 11.5 Å². The van der Waals surface area contributed by atoms with Crippen molar-refractivity contribution in [3.8, 4) is 22.9 Å². The molecule has 1 aliphatic heterocycles. The van der Waals surface area contributed by atoms with Gasteiger partial charge in [0.2, 0.25) is 0 Å². The van der Waals surface area contributed by atoms with Crippen molar-refractivity contribution >= 4 is 17.5 Å². The van der Waals surface area contributed by atoms with E-state index in [-0.39, 0.29) is 23.3 Å². The molecule has 3 aromatic rings. The van der Waals surface area contributed by atoms with Crippen LogP contribution in [-0.4, -0.2) is 45.7 Å². The lowest BCUT2D eigenvalue weighted by molar-refractivity contribution is -0.118. The Kier molecular flexibility index (Phi) is 7.41. The van der Waals surface area contributed by atoms with Gasteiger partial charge >= 0.3 is 0 Å². The molecular formula is C28H30FN5O3. The zero-order chi connectivity index (χ0) is 25.8. The van der Waals surface area contributed by atoms with Gasteiger partial charge in [0.15, 0.2) is 11.6 Å². The summed E-state index contributed by atoms with van der Waals surface area (Å²) >= 11 is 0. The minimum absolute atomic E-state index is 0.0714. The first-order valence-corrected chi connectivity index (χ1v) is 12.7. The van der Waals surface area contributed by atoms with Crippen LogP contribution in [0.2, 0.25) is 0 Å². The lowest BCUT2D eigenvalue weighted by Gasteiger charge is -2.27. The van der Waals surface area contributed by atoms with Crippen molar-refractivity contribution < 1.29 is 18.7 Å². The Labute approximate surface area is 215 Å². The molecule has 1 saturated carbocycles. The maximum absolute atomic E-state index is 13.4. The number of anilines is 1. The highest BCUT2D eigenvalue weighted by molar-refractivity contribution is 5.92. The van der Waals surface area contributed by atoms with E-state index in [4.69, 9.17) is 10.5 Å². The number of amides is 1. The summed E-state index contributed by atoms with van der Waals surface area (Å²) in [6, 6.07) is 12.7. The van der Waals surface area contributed by atoms with Crippen molar-refractivity contribution in [3.05, 3.63) is 65.6 Å². The Balaban J connectivity index is 1.49. The first-order chi connectivity index (χ1) is 17.9. The number of likely N-dealkylation sites (tertiary alicyclic amines) is 1. The number of rotatable bonds is 8. The van der Waals surface area contributed by atoms with Gasteiger partial charge in [-0.2, -0.15) is 0 Å². The van der Waals surface area contributed by atoms with E-state index in [1.54, 1.807) is 12.1 Å². The van der Waals surface area contributed by atoms with Gasteiger partial charge in [0.25, 0.3) is 5.91 Å². The van der Waals surface area contributed by atoms with E-state index >= 15 is 0 Å². The molecule has 1 saturated heterocycles. The summed E-state index contributed by atoms with van der Waals surface area (Å²) in [5.41, 5.74) is 7.26. The Morgan fingerprint density at radius 3 is 2.54 bits per heavy atom. The van der Waals surface area contributed by atoms with E-state index in [0.29, 0.717) is 41.7 Å². The summed E-state index contributed by atoms with van der Waals surface area (Å²) in [7, 11) is 0. The summed E-state index contributed by atoms with van der Waals surface area (Å²) in [5.74, 6) is 1.05. The SMILES string of the molecule is NC(=O)c1cc(N[C@H]2CCCC2=O)nc(-c2ccc(Oc3ccc(F)cc3)c(CN3CCCCC3)c2)n1. The summed E-state index contributed by atoms with van der Waals surface area (Å²) in [4.78, 5) is 35.6. The Hall–Kier alpha value is -3.85. The van der Waals surface area contributed by atoms with Gasteiger partial charge in [-0.05, 0) is 81.2 Å². The van der Waals surface area contributed by atoms with E-state index in [1.165, 1.54) is 24.6 Å². The third-order valence-electron chi connectivity index (χ3n) is 6.81. The molecule has 1 atom stereocenters. The third-order valence-corrected chi connectivity index (χ3v) is 6.81. The average Bonchev–Trinajstić information content (AvgIpc) is 3.30. The van der Waals surface area contributed by atoms with Gasteiger partial charge in [0.1, 0.15) is 28.8 Å². The molecule has 1 aromatic heterocycles. The van der Waals surface area contributed by atoms with Gasteiger partial charge in [-0.1, -0.05) is 6.42 Å². The van der Waals surface area contributed by atoms with Gasteiger partial charge in [0.05, 0.1) is 6.04 Å². The zero-order valence-corrected chi connectivity index (χ0v) is 20.6. The smallest absolute Gasteiger partial charge is 0.267 e. The second kappa shape index (κ2) is 11.0. The standard InChI is InChI=1S/C28H30FN5O3/c29-20-8-10-21(11-9-20)37-25-12-7-18(15-19(25)17-34-13-2-1-3-14-34)28-32-23(27(30)36)16-26(33-28)31-22-5-4-6-24(22)35/h7-12,15-16,22H,1-6,13-14,17H2,(H2,30,36)(H,31,32,33)/t22-/m0/s1. The average molecular weight is 504 g/mol. The Morgan fingerprint density at radius 1 is 1.05 bits per heavy atom. The number of carbonyl (C=O) groups is 2. The first-order valence-electron chi connectivity index (χ1n) is 12.7. The summed E-state index contributed by atoms with van der Waals surface area (Å²) in [5, 5.41) is 3.15. The van der Waals surface area contributed by atoms with Crippen LogP contribution in [0.3, 0.4) is 0 Å². The second-order valence-corrected chi connectivity index (χ2v) is 9.60. The van der Waals surface area contributed by atoms with Crippen molar-refractivity contribution in [1.29, 1.82) is 0 Å². The summed E-state index contributed by atoms with van der Waals surface area (Å²) in [6.07, 6.45) is 5.60. The van der Waals surface area contributed by atoms with Crippen molar-refractivity contribution in [2.75, 3.05) is 18.4 Å². The maximum Gasteiger partial charge on any atom is 0.267 e. The third kappa shape index (κ3) is 6.11. The molecule has 2 aliphatic rings. The van der Waals surface area contributed by atoms with Gasteiger partial charge < -0.3 is 15.8 Å². The number of benzene rings is 2. The number of aromatic nitrogens is 2. The fourth-order valence-electron chi connectivity index (χ4n) is 4.85. The molecule has 2 aromatic carbocycles. The molecule has 2 heterocycles. The van der Waals surface area contributed by atoms with Crippen LogP contribution in [0.1, 0.15) is 54.6 Å².